The smallest absolute Gasteiger partial charge is 0.0558 e. The van der Waals surface area contributed by atoms with Crippen molar-refractivity contribution in [1.29, 1.82) is 0 Å². The molecule has 1 heterocycles. The van der Waals surface area contributed by atoms with Crippen molar-refractivity contribution in [3.63, 3.8) is 0 Å². The predicted octanol–water partition coefficient (Wildman–Crippen LogP) is 0.722. The number of halogens is 1. The van der Waals surface area contributed by atoms with Crippen LogP contribution in [-0.2, 0) is 0 Å². The van der Waals surface area contributed by atoms with E-state index in [1.807, 2.05) is 0 Å². The fourth-order valence-corrected chi connectivity index (χ4v) is 1.95. The summed E-state index contributed by atoms with van der Waals surface area (Å²) in [6.45, 7) is 7.85. The molecule has 1 aliphatic heterocycles. The lowest BCUT2D eigenvalue weighted by atomic mass is 9.97. The second-order valence-electron chi connectivity index (χ2n) is 3.81. The standard InChI is InChI=1S/C10H22N2O.ClH/c1-2-12(7-8-13)9-10-3-5-11-6-4-10;/h10-11,13H,2-9H2,1H3;1H. The Morgan fingerprint density at radius 3 is 2.50 bits per heavy atom. The minimum Gasteiger partial charge on any atom is -0.395 e. The van der Waals surface area contributed by atoms with Gasteiger partial charge in [0, 0.05) is 13.1 Å². The van der Waals surface area contributed by atoms with Gasteiger partial charge in [0.1, 0.15) is 0 Å². The zero-order valence-electron chi connectivity index (χ0n) is 9.04. The van der Waals surface area contributed by atoms with Crippen molar-refractivity contribution in [1.82, 2.24) is 10.2 Å². The minimum absolute atomic E-state index is 0. The number of rotatable bonds is 5. The van der Waals surface area contributed by atoms with Gasteiger partial charge in [-0.25, -0.2) is 0 Å². The maximum absolute atomic E-state index is 8.84. The average molecular weight is 223 g/mol. The normalized spacial score (nSPS) is 18.2. The lowest BCUT2D eigenvalue weighted by Gasteiger charge is -2.28. The summed E-state index contributed by atoms with van der Waals surface area (Å²) in [5.41, 5.74) is 0. The largest absolute Gasteiger partial charge is 0.395 e. The maximum atomic E-state index is 8.84. The molecule has 0 amide bonds. The van der Waals surface area contributed by atoms with Crippen LogP contribution in [0.2, 0.25) is 0 Å². The van der Waals surface area contributed by atoms with Gasteiger partial charge in [0.2, 0.25) is 0 Å². The number of likely N-dealkylation sites (N-methyl/N-ethyl adjacent to an activating group) is 1. The Morgan fingerprint density at radius 2 is 2.00 bits per heavy atom. The summed E-state index contributed by atoms with van der Waals surface area (Å²) in [6.07, 6.45) is 2.59. The van der Waals surface area contributed by atoms with Crippen molar-refractivity contribution in [2.24, 2.45) is 5.92 Å². The van der Waals surface area contributed by atoms with Gasteiger partial charge in [-0.2, -0.15) is 0 Å². The van der Waals surface area contributed by atoms with Gasteiger partial charge < -0.3 is 15.3 Å². The number of hydrogen-bond acceptors (Lipinski definition) is 3. The first-order valence-corrected chi connectivity index (χ1v) is 5.40. The van der Waals surface area contributed by atoms with E-state index in [1.165, 1.54) is 32.5 Å². The first-order valence-electron chi connectivity index (χ1n) is 5.40. The molecule has 0 saturated carbocycles. The van der Waals surface area contributed by atoms with E-state index < -0.39 is 0 Å². The predicted molar refractivity (Wildman–Crippen MR) is 62.0 cm³/mol. The van der Waals surface area contributed by atoms with Gasteiger partial charge in [-0.3, -0.25) is 0 Å². The third-order valence-corrected chi connectivity index (χ3v) is 2.84. The summed E-state index contributed by atoms with van der Waals surface area (Å²) in [5.74, 6) is 0.841. The highest BCUT2D eigenvalue weighted by molar-refractivity contribution is 5.85. The summed E-state index contributed by atoms with van der Waals surface area (Å²) in [6, 6.07) is 0. The molecule has 0 bridgehead atoms. The molecule has 1 aliphatic rings. The molecule has 86 valence electrons. The molecule has 0 aliphatic carbocycles. The quantitative estimate of drug-likeness (QED) is 0.720. The molecule has 1 saturated heterocycles. The number of aliphatic hydroxyl groups excluding tert-OH is 1. The van der Waals surface area contributed by atoms with Crippen LogP contribution in [0.15, 0.2) is 0 Å². The highest BCUT2D eigenvalue weighted by Gasteiger charge is 2.15. The number of nitrogens with one attached hydrogen (secondary N) is 1. The van der Waals surface area contributed by atoms with Crippen LogP contribution in [0, 0.1) is 5.92 Å². The zero-order valence-corrected chi connectivity index (χ0v) is 9.85. The highest BCUT2D eigenvalue weighted by Crippen LogP contribution is 2.12. The molecule has 0 unspecified atom stereocenters. The lowest BCUT2D eigenvalue weighted by Crippen LogP contribution is -2.37. The van der Waals surface area contributed by atoms with Crippen LogP contribution in [0.3, 0.4) is 0 Å². The molecule has 0 aromatic heterocycles. The molecule has 14 heavy (non-hydrogen) atoms. The average Bonchev–Trinajstić information content (AvgIpc) is 2.19. The van der Waals surface area contributed by atoms with E-state index in [0.717, 1.165) is 19.0 Å². The number of hydrogen-bond donors (Lipinski definition) is 2. The third kappa shape index (κ3) is 5.15. The highest BCUT2D eigenvalue weighted by atomic mass is 35.5. The third-order valence-electron chi connectivity index (χ3n) is 2.84. The summed E-state index contributed by atoms with van der Waals surface area (Å²) < 4.78 is 0. The van der Waals surface area contributed by atoms with E-state index in [-0.39, 0.29) is 12.4 Å². The van der Waals surface area contributed by atoms with Crippen molar-refractivity contribution >= 4 is 12.4 Å². The van der Waals surface area contributed by atoms with Crippen molar-refractivity contribution in [2.45, 2.75) is 19.8 Å². The molecule has 3 nitrogen and oxygen atoms in total. The Hall–Kier alpha value is 0.170. The van der Waals surface area contributed by atoms with Gasteiger partial charge in [-0.15, -0.1) is 12.4 Å². The van der Waals surface area contributed by atoms with Gasteiger partial charge in [0.05, 0.1) is 6.61 Å². The molecule has 0 aromatic rings. The molecule has 0 aromatic carbocycles. The fourth-order valence-electron chi connectivity index (χ4n) is 1.95. The fraction of sp³-hybridized carbons (Fsp3) is 1.00. The number of piperidine rings is 1. The summed E-state index contributed by atoms with van der Waals surface area (Å²) in [5, 5.41) is 12.2. The van der Waals surface area contributed by atoms with E-state index in [4.69, 9.17) is 5.11 Å². The second-order valence-corrected chi connectivity index (χ2v) is 3.81. The molecular formula is C10H23ClN2O. The summed E-state index contributed by atoms with van der Waals surface area (Å²) in [4.78, 5) is 2.34. The first kappa shape index (κ1) is 14.2. The van der Waals surface area contributed by atoms with Crippen molar-refractivity contribution in [3.8, 4) is 0 Å². The van der Waals surface area contributed by atoms with Crippen LogP contribution in [0.5, 0.6) is 0 Å². The molecule has 0 radical (unpaired) electrons. The van der Waals surface area contributed by atoms with E-state index in [2.05, 4.69) is 17.1 Å². The van der Waals surface area contributed by atoms with E-state index in [0.29, 0.717) is 6.61 Å². The molecule has 0 atom stereocenters. The van der Waals surface area contributed by atoms with Crippen molar-refractivity contribution < 1.29 is 5.11 Å². The zero-order chi connectivity index (χ0) is 9.52. The van der Waals surface area contributed by atoms with E-state index in [1.54, 1.807) is 0 Å². The van der Waals surface area contributed by atoms with Gasteiger partial charge in [-0.05, 0) is 38.4 Å². The maximum Gasteiger partial charge on any atom is 0.0558 e. The van der Waals surface area contributed by atoms with Crippen molar-refractivity contribution in [3.05, 3.63) is 0 Å². The molecule has 1 rings (SSSR count). The van der Waals surface area contributed by atoms with Crippen LogP contribution in [0.4, 0.5) is 0 Å². The molecule has 4 heteroatoms. The summed E-state index contributed by atoms with van der Waals surface area (Å²) in [7, 11) is 0. The molecule has 0 spiro atoms. The minimum atomic E-state index is 0. The second kappa shape index (κ2) is 8.48. The number of nitrogens with zero attached hydrogens (tertiary/aromatic N) is 1. The Bertz CT molecular complexity index is 127. The van der Waals surface area contributed by atoms with Gasteiger partial charge in [-0.1, -0.05) is 6.92 Å². The molecule has 1 fully saturated rings. The van der Waals surface area contributed by atoms with Crippen LogP contribution in [0.25, 0.3) is 0 Å². The van der Waals surface area contributed by atoms with E-state index >= 15 is 0 Å². The Kier molecular flexibility index (Phi) is 8.58. The van der Waals surface area contributed by atoms with Gasteiger partial charge >= 0.3 is 0 Å². The molecular weight excluding hydrogens is 200 g/mol. The Labute approximate surface area is 93.3 Å². The summed E-state index contributed by atoms with van der Waals surface area (Å²) >= 11 is 0. The van der Waals surface area contributed by atoms with Crippen LogP contribution < -0.4 is 5.32 Å². The monoisotopic (exact) mass is 222 g/mol. The van der Waals surface area contributed by atoms with Crippen LogP contribution in [-0.4, -0.2) is 49.3 Å². The van der Waals surface area contributed by atoms with Crippen LogP contribution in [0.1, 0.15) is 19.8 Å². The Balaban J connectivity index is 0.00000169. The molecule has 2 N–H and O–H groups in total. The Morgan fingerprint density at radius 1 is 1.36 bits per heavy atom. The topological polar surface area (TPSA) is 35.5 Å². The lowest BCUT2D eigenvalue weighted by molar-refractivity contribution is 0.169. The van der Waals surface area contributed by atoms with Crippen molar-refractivity contribution in [2.75, 3.05) is 39.3 Å². The van der Waals surface area contributed by atoms with Crippen LogP contribution >= 0.6 is 12.4 Å². The first-order chi connectivity index (χ1) is 6.36. The van der Waals surface area contributed by atoms with Gasteiger partial charge in [0.25, 0.3) is 0 Å². The number of aliphatic hydroxyl groups is 1. The SMILES string of the molecule is CCN(CCO)CC1CCNCC1.Cl. The van der Waals surface area contributed by atoms with Gasteiger partial charge in [0.15, 0.2) is 0 Å². The van der Waals surface area contributed by atoms with E-state index in [9.17, 15) is 0 Å².